The molecule has 0 bridgehead atoms. The maximum atomic E-state index is 11.7. The van der Waals surface area contributed by atoms with Crippen molar-refractivity contribution in [2.24, 2.45) is 0 Å². The van der Waals surface area contributed by atoms with Gasteiger partial charge in [-0.25, -0.2) is 0 Å². The molecule has 1 heterocycles. The second-order valence-corrected chi connectivity index (χ2v) is 4.19. The van der Waals surface area contributed by atoms with Gasteiger partial charge >= 0.3 is 0 Å². The Balaban J connectivity index is 2.27. The molecule has 2 nitrogen and oxygen atoms in total. The number of hydrogen-bond acceptors (Lipinski definition) is 2. The summed E-state index contributed by atoms with van der Waals surface area (Å²) in [6.45, 7) is 3.11. The first-order chi connectivity index (χ1) is 7.22. The maximum absolute atomic E-state index is 11.7. The molecule has 0 aromatic heterocycles. The smallest absolute Gasteiger partial charge is 0.162 e. The molecule has 0 aliphatic carbocycles. The molecule has 2 rings (SSSR count). The van der Waals surface area contributed by atoms with Crippen LogP contribution in [-0.4, -0.2) is 19.4 Å². The molecule has 0 fully saturated rings. The first-order valence-electron chi connectivity index (χ1n) is 5.59. The van der Waals surface area contributed by atoms with Gasteiger partial charge in [-0.3, -0.25) is 4.79 Å². The molecule has 2 heteroatoms. The Morgan fingerprint density at radius 1 is 1.47 bits per heavy atom. The van der Waals surface area contributed by atoms with Gasteiger partial charge in [0, 0.05) is 31.3 Å². The zero-order valence-corrected chi connectivity index (χ0v) is 9.42. The van der Waals surface area contributed by atoms with Gasteiger partial charge in [0.15, 0.2) is 5.78 Å². The average molecular weight is 203 g/mol. The summed E-state index contributed by atoms with van der Waals surface area (Å²) in [4.78, 5) is 14.0. The van der Waals surface area contributed by atoms with E-state index in [4.69, 9.17) is 0 Å². The maximum Gasteiger partial charge on any atom is 0.162 e. The monoisotopic (exact) mass is 203 g/mol. The highest BCUT2D eigenvalue weighted by Crippen LogP contribution is 2.27. The largest absolute Gasteiger partial charge is 0.374 e. The highest BCUT2D eigenvalue weighted by molar-refractivity contribution is 5.96. The molecule has 0 spiro atoms. The summed E-state index contributed by atoms with van der Waals surface area (Å²) in [5, 5.41) is 0. The topological polar surface area (TPSA) is 20.3 Å². The van der Waals surface area contributed by atoms with Crippen LogP contribution in [0.25, 0.3) is 0 Å². The Kier molecular flexibility index (Phi) is 2.76. The normalized spacial score (nSPS) is 14.1. The molecular formula is C13H17NO. The second-order valence-electron chi connectivity index (χ2n) is 4.19. The van der Waals surface area contributed by atoms with Crippen LogP contribution in [0.1, 0.15) is 35.7 Å². The van der Waals surface area contributed by atoms with Crippen molar-refractivity contribution < 1.29 is 4.79 Å². The van der Waals surface area contributed by atoms with E-state index in [9.17, 15) is 4.79 Å². The number of anilines is 1. The number of Topliss-reactive ketones (excluding diaryl/α,β-unsaturated/α-hetero) is 1. The van der Waals surface area contributed by atoms with E-state index in [2.05, 4.69) is 24.1 Å². The molecule has 1 aliphatic heterocycles. The predicted molar refractivity (Wildman–Crippen MR) is 62.7 cm³/mol. The summed E-state index contributed by atoms with van der Waals surface area (Å²) in [7, 11) is 2.10. The number of benzene rings is 1. The third-order valence-electron chi connectivity index (χ3n) is 3.01. The van der Waals surface area contributed by atoms with E-state index in [1.807, 2.05) is 13.0 Å². The lowest BCUT2D eigenvalue weighted by molar-refractivity contribution is 0.0981. The van der Waals surface area contributed by atoms with E-state index < -0.39 is 0 Å². The minimum absolute atomic E-state index is 0.273. The molecule has 0 unspecified atom stereocenters. The Morgan fingerprint density at radius 3 is 3.00 bits per heavy atom. The van der Waals surface area contributed by atoms with Crippen molar-refractivity contribution in [2.75, 3.05) is 18.5 Å². The molecule has 1 aromatic rings. The van der Waals surface area contributed by atoms with Crippen molar-refractivity contribution in [1.82, 2.24) is 0 Å². The molecule has 0 saturated carbocycles. The van der Waals surface area contributed by atoms with Gasteiger partial charge in [-0.1, -0.05) is 6.92 Å². The molecule has 0 amide bonds. The lowest BCUT2D eigenvalue weighted by Crippen LogP contribution is -2.12. The first kappa shape index (κ1) is 10.2. The third-order valence-corrected chi connectivity index (χ3v) is 3.01. The molecule has 0 radical (unpaired) electrons. The number of nitrogens with zero attached hydrogens (tertiary/aromatic N) is 1. The van der Waals surface area contributed by atoms with Crippen molar-refractivity contribution in [1.29, 1.82) is 0 Å². The van der Waals surface area contributed by atoms with E-state index in [0.29, 0.717) is 6.42 Å². The van der Waals surface area contributed by atoms with Crippen LogP contribution < -0.4 is 4.90 Å². The quantitative estimate of drug-likeness (QED) is 0.704. The molecule has 1 aromatic carbocycles. The zero-order valence-electron chi connectivity index (χ0n) is 9.42. The highest BCUT2D eigenvalue weighted by atomic mass is 16.1. The summed E-state index contributed by atoms with van der Waals surface area (Å²) in [5.74, 6) is 0.273. The Labute approximate surface area is 90.9 Å². The van der Waals surface area contributed by atoms with Gasteiger partial charge in [-0.2, -0.15) is 0 Å². The Bertz CT molecular complexity index is 384. The number of ketones is 1. The minimum Gasteiger partial charge on any atom is -0.374 e. The minimum atomic E-state index is 0.273. The summed E-state index contributed by atoms with van der Waals surface area (Å²) in [6.07, 6.45) is 2.66. The summed E-state index contributed by atoms with van der Waals surface area (Å²) < 4.78 is 0. The van der Waals surface area contributed by atoms with E-state index in [0.717, 1.165) is 24.9 Å². The van der Waals surface area contributed by atoms with Gasteiger partial charge in [-0.15, -0.1) is 0 Å². The van der Waals surface area contributed by atoms with E-state index >= 15 is 0 Å². The Hall–Kier alpha value is -1.31. The molecule has 0 atom stereocenters. The van der Waals surface area contributed by atoms with Crippen LogP contribution >= 0.6 is 0 Å². The Morgan fingerprint density at radius 2 is 2.27 bits per heavy atom. The fraction of sp³-hybridized carbons (Fsp3) is 0.462. The van der Waals surface area contributed by atoms with Gasteiger partial charge < -0.3 is 4.90 Å². The lowest BCUT2D eigenvalue weighted by atomic mass is 10.0. The standard InChI is InChI=1S/C13H17NO/c1-3-4-13(15)11-5-6-12-10(9-11)7-8-14(12)2/h5-6,9H,3-4,7-8H2,1-2H3. The van der Waals surface area contributed by atoms with E-state index in [1.54, 1.807) is 0 Å². The number of rotatable bonds is 3. The van der Waals surface area contributed by atoms with Crippen LogP contribution in [0.4, 0.5) is 5.69 Å². The lowest BCUT2D eigenvalue weighted by Gasteiger charge is -2.11. The average Bonchev–Trinajstić information content (AvgIpc) is 2.60. The summed E-state index contributed by atoms with van der Waals surface area (Å²) in [5.41, 5.74) is 3.48. The number of likely N-dealkylation sites (N-methyl/N-ethyl adjacent to an activating group) is 1. The zero-order chi connectivity index (χ0) is 10.8. The third kappa shape index (κ3) is 1.89. The van der Waals surface area contributed by atoms with Crippen LogP contribution in [0, 0.1) is 0 Å². The molecule has 80 valence electrons. The van der Waals surface area contributed by atoms with Crippen LogP contribution in [0.5, 0.6) is 0 Å². The SMILES string of the molecule is CCCC(=O)c1ccc2c(c1)CCN2C. The van der Waals surface area contributed by atoms with Crippen molar-refractivity contribution in [3.8, 4) is 0 Å². The molecule has 1 aliphatic rings. The van der Waals surface area contributed by atoms with Gasteiger partial charge in [0.2, 0.25) is 0 Å². The molecule has 0 N–H and O–H groups in total. The van der Waals surface area contributed by atoms with Gasteiger partial charge in [0.05, 0.1) is 0 Å². The van der Waals surface area contributed by atoms with Crippen LogP contribution in [0.3, 0.4) is 0 Å². The van der Waals surface area contributed by atoms with Gasteiger partial charge in [0.25, 0.3) is 0 Å². The second kappa shape index (κ2) is 4.05. The van der Waals surface area contributed by atoms with Crippen LogP contribution in [0.2, 0.25) is 0 Å². The molecule has 0 saturated heterocycles. The van der Waals surface area contributed by atoms with Crippen molar-refractivity contribution in [3.63, 3.8) is 0 Å². The van der Waals surface area contributed by atoms with Crippen molar-refractivity contribution in [2.45, 2.75) is 26.2 Å². The molecule has 15 heavy (non-hydrogen) atoms. The predicted octanol–water partition coefficient (Wildman–Crippen LogP) is 2.66. The fourth-order valence-electron chi connectivity index (χ4n) is 2.11. The first-order valence-corrected chi connectivity index (χ1v) is 5.59. The highest BCUT2D eigenvalue weighted by Gasteiger charge is 2.16. The van der Waals surface area contributed by atoms with Crippen LogP contribution in [0.15, 0.2) is 18.2 Å². The molecular weight excluding hydrogens is 186 g/mol. The van der Waals surface area contributed by atoms with E-state index in [-0.39, 0.29) is 5.78 Å². The number of carbonyl (C=O) groups is 1. The number of fused-ring (bicyclic) bond motifs is 1. The van der Waals surface area contributed by atoms with Gasteiger partial charge in [-0.05, 0) is 36.6 Å². The van der Waals surface area contributed by atoms with Crippen molar-refractivity contribution in [3.05, 3.63) is 29.3 Å². The number of hydrogen-bond donors (Lipinski definition) is 0. The van der Waals surface area contributed by atoms with Crippen molar-refractivity contribution >= 4 is 11.5 Å². The van der Waals surface area contributed by atoms with Gasteiger partial charge in [0.1, 0.15) is 0 Å². The van der Waals surface area contributed by atoms with E-state index in [1.165, 1.54) is 11.3 Å². The van der Waals surface area contributed by atoms with Crippen LogP contribution in [-0.2, 0) is 6.42 Å². The summed E-state index contributed by atoms with van der Waals surface area (Å²) in [6, 6.07) is 6.10. The fourth-order valence-corrected chi connectivity index (χ4v) is 2.11. The number of carbonyl (C=O) groups excluding carboxylic acids is 1. The summed E-state index contributed by atoms with van der Waals surface area (Å²) >= 11 is 0.